The minimum atomic E-state index is -1.37. The standard InChI is InChI=1S/C25H22N4O6/c26-23(27)14-4-5-19-20(9-14)29-24(28-19)18-8-15(17(25(34)35)10-21(31)32)7-16(22(18)33)13-3-1-2-12(6-13)11-30/h1-9,17,30,33H,10-11H2,(H3,26,27)(H,28,29)(H,31,32)(H,34,35). The van der Waals surface area contributed by atoms with E-state index < -0.39 is 24.3 Å². The normalized spacial score (nSPS) is 11.9. The number of phenols is 1. The summed E-state index contributed by atoms with van der Waals surface area (Å²) in [5.41, 5.74) is 8.79. The van der Waals surface area contributed by atoms with Crippen LogP contribution >= 0.6 is 0 Å². The molecule has 10 nitrogen and oxygen atoms in total. The second-order valence-corrected chi connectivity index (χ2v) is 8.04. The number of aliphatic hydroxyl groups excluding tert-OH is 1. The first kappa shape index (κ1) is 23.5. The molecule has 4 rings (SSSR count). The lowest BCUT2D eigenvalue weighted by Crippen LogP contribution is -2.16. The van der Waals surface area contributed by atoms with Crippen LogP contribution < -0.4 is 5.73 Å². The van der Waals surface area contributed by atoms with E-state index in [1.54, 1.807) is 42.5 Å². The number of nitrogens with one attached hydrogen (secondary N) is 2. The molecular weight excluding hydrogens is 452 g/mol. The Morgan fingerprint density at radius 1 is 1.06 bits per heavy atom. The maximum absolute atomic E-state index is 11.9. The zero-order valence-electron chi connectivity index (χ0n) is 18.3. The smallest absolute Gasteiger partial charge is 0.311 e. The number of fused-ring (bicyclic) bond motifs is 1. The Morgan fingerprint density at radius 3 is 2.46 bits per heavy atom. The van der Waals surface area contributed by atoms with E-state index in [1.165, 1.54) is 12.1 Å². The van der Waals surface area contributed by atoms with E-state index in [0.717, 1.165) is 0 Å². The molecule has 0 amide bonds. The third-order valence-electron chi connectivity index (χ3n) is 5.68. The second-order valence-electron chi connectivity index (χ2n) is 8.04. The summed E-state index contributed by atoms with van der Waals surface area (Å²) in [6.07, 6.45) is -0.655. The number of imidazole rings is 1. The van der Waals surface area contributed by atoms with Crippen LogP contribution in [-0.4, -0.2) is 48.2 Å². The number of nitrogens with zero attached hydrogens (tertiary/aromatic N) is 1. The maximum Gasteiger partial charge on any atom is 0.311 e. The van der Waals surface area contributed by atoms with Gasteiger partial charge in [0.25, 0.3) is 0 Å². The number of aliphatic hydroxyl groups is 1. The number of aliphatic carboxylic acids is 2. The summed E-state index contributed by atoms with van der Waals surface area (Å²) in [6, 6.07) is 14.5. The predicted octanol–water partition coefficient (Wildman–Crippen LogP) is 3.02. The van der Waals surface area contributed by atoms with Crippen molar-refractivity contribution < 1.29 is 30.0 Å². The summed E-state index contributed by atoms with van der Waals surface area (Å²) >= 11 is 0. The minimum Gasteiger partial charge on any atom is -0.507 e. The summed E-state index contributed by atoms with van der Waals surface area (Å²) in [5, 5.41) is 47.4. The molecule has 1 aromatic heterocycles. The predicted molar refractivity (Wildman–Crippen MR) is 128 cm³/mol. The van der Waals surface area contributed by atoms with Gasteiger partial charge in [-0.05, 0) is 53.1 Å². The van der Waals surface area contributed by atoms with Gasteiger partial charge in [-0.15, -0.1) is 0 Å². The lowest BCUT2D eigenvalue weighted by atomic mass is 9.89. The number of benzene rings is 3. The van der Waals surface area contributed by atoms with Gasteiger partial charge in [-0.3, -0.25) is 15.0 Å². The Morgan fingerprint density at radius 2 is 1.80 bits per heavy atom. The Balaban J connectivity index is 1.96. The number of aromatic nitrogens is 2. The molecule has 0 spiro atoms. The highest BCUT2D eigenvalue weighted by Crippen LogP contribution is 2.41. The van der Waals surface area contributed by atoms with Crippen LogP contribution in [-0.2, 0) is 16.2 Å². The van der Waals surface area contributed by atoms with Crippen molar-refractivity contribution in [2.45, 2.75) is 18.9 Å². The number of amidine groups is 1. The quantitative estimate of drug-likeness (QED) is 0.149. The van der Waals surface area contributed by atoms with E-state index in [2.05, 4.69) is 9.97 Å². The third-order valence-corrected chi connectivity index (χ3v) is 5.68. The number of rotatable bonds is 8. The van der Waals surface area contributed by atoms with E-state index >= 15 is 0 Å². The molecule has 1 heterocycles. The highest BCUT2D eigenvalue weighted by Gasteiger charge is 2.27. The molecule has 0 saturated carbocycles. The van der Waals surface area contributed by atoms with E-state index in [-0.39, 0.29) is 40.7 Å². The molecule has 35 heavy (non-hydrogen) atoms. The molecule has 0 bridgehead atoms. The Hall–Kier alpha value is -4.70. The van der Waals surface area contributed by atoms with E-state index in [9.17, 15) is 30.0 Å². The number of H-pyrrole nitrogens is 1. The molecule has 4 aromatic rings. The lowest BCUT2D eigenvalue weighted by Gasteiger charge is -2.16. The van der Waals surface area contributed by atoms with Crippen LogP contribution in [0.15, 0.2) is 54.6 Å². The van der Waals surface area contributed by atoms with Crippen LogP contribution in [0.2, 0.25) is 0 Å². The zero-order valence-corrected chi connectivity index (χ0v) is 18.3. The minimum absolute atomic E-state index is 0.128. The van der Waals surface area contributed by atoms with Crippen LogP contribution in [0.25, 0.3) is 33.5 Å². The average molecular weight is 474 g/mol. The van der Waals surface area contributed by atoms with Crippen LogP contribution in [0, 0.1) is 5.41 Å². The number of aromatic hydroxyl groups is 1. The topological polar surface area (TPSA) is 194 Å². The molecule has 0 saturated heterocycles. The number of hydrogen-bond acceptors (Lipinski definition) is 6. The van der Waals surface area contributed by atoms with Gasteiger partial charge < -0.3 is 31.1 Å². The van der Waals surface area contributed by atoms with Gasteiger partial charge in [-0.2, -0.15) is 0 Å². The maximum atomic E-state index is 11.9. The van der Waals surface area contributed by atoms with Crippen LogP contribution in [0.3, 0.4) is 0 Å². The fraction of sp³-hybridized carbons (Fsp3) is 0.120. The summed E-state index contributed by atoms with van der Waals surface area (Å²) in [4.78, 5) is 30.9. The summed E-state index contributed by atoms with van der Waals surface area (Å²) < 4.78 is 0. The molecule has 1 unspecified atom stereocenters. The zero-order chi connectivity index (χ0) is 25.3. The molecule has 10 heteroatoms. The fourth-order valence-electron chi connectivity index (χ4n) is 3.92. The first-order valence-corrected chi connectivity index (χ1v) is 10.5. The van der Waals surface area contributed by atoms with Crippen molar-refractivity contribution in [3.05, 3.63) is 71.3 Å². The number of hydrogen-bond donors (Lipinski definition) is 7. The first-order chi connectivity index (χ1) is 16.7. The molecular formula is C25H22N4O6. The number of nitrogens with two attached hydrogens (primary N) is 1. The van der Waals surface area contributed by atoms with Gasteiger partial charge in [-0.1, -0.05) is 18.2 Å². The monoisotopic (exact) mass is 474 g/mol. The average Bonchev–Trinajstić information content (AvgIpc) is 3.25. The summed E-state index contributed by atoms with van der Waals surface area (Å²) in [7, 11) is 0. The number of carboxylic acid groups (broad SMARTS) is 2. The second kappa shape index (κ2) is 9.27. The SMILES string of the molecule is N=C(N)c1ccc2nc(-c3cc(C(CC(=O)O)C(=O)O)cc(-c4cccc(CO)c4)c3O)[nH]c2c1. The van der Waals surface area contributed by atoms with Crippen molar-refractivity contribution in [1.82, 2.24) is 9.97 Å². The van der Waals surface area contributed by atoms with E-state index in [1.807, 2.05) is 0 Å². The van der Waals surface area contributed by atoms with Crippen molar-refractivity contribution in [3.63, 3.8) is 0 Å². The van der Waals surface area contributed by atoms with Gasteiger partial charge in [0, 0.05) is 11.1 Å². The first-order valence-electron chi connectivity index (χ1n) is 10.5. The summed E-state index contributed by atoms with van der Waals surface area (Å²) in [6.45, 7) is -0.236. The van der Waals surface area contributed by atoms with Crippen molar-refractivity contribution in [2.75, 3.05) is 0 Å². The van der Waals surface area contributed by atoms with Gasteiger partial charge in [0.2, 0.25) is 0 Å². The molecule has 0 radical (unpaired) electrons. The highest BCUT2D eigenvalue weighted by molar-refractivity contribution is 5.98. The molecule has 3 aromatic carbocycles. The van der Waals surface area contributed by atoms with Crippen LogP contribution in [0.1, 0.15) is 29.0 Å². The summed E-state index contributed by atoms with van der Waals surface area (Å²) in [5.74, 6) is -4.09. The Labute approximate surface area is 198 Å². The lowest BCUT2D eigenvalue weighted by molar-refractivity contribution is -0.145. The van der Waals surface area contributed by atoms with Crippen molar-refractivity contribution in [3.8, 4) is 28.3 Å². The molecule has 0 fully saturated rings. The highest BCUT2D eigenvalue weighted by atomic mass is 16.4. The van der Waals surface area contributed by atoms with Crippen molar-refractivity contribution in [1.29, 1.82) is 5.41 Å². The number of carbonyl (C=O) groups is 2. The van der Waals surface area contributed by atoms with Gasteiger partial charge in [0.1, 0.15) is 17.4 Å². The van der Waals surface area contributed by atoms with Crippen LogP contribution in [0.4, 0.5) is 0 Å². The largest absolute Gasteiger partial charge is 0.507 e. The molecule has 178 valence electrons. The van der Waals surface area contributed by atoms with Gasteiger partial charge in [-0.25, -0.2) is 4.98 Å². The van der Waals surface area contributed by atoms with Gasteiger partial charge >= 0.3 is 11.9 Å². The van der Waals surface area contributed by atoms with E-state index in [0.29, 0.717) is 27.7 Å². The number of aromatic amines is 1. The van der Waals surface area contributed by atoms with Gasteiger partial charge in [0.05, 0.1) is 35.5 Å². The Kier molecular flexibility index (Phi) is 6.22. The van der Waals surface area contributed by atoms with Crippen LogP contribution in [0.5, 0.6) is 5.75 Å². The Bertz CT molecular complexity index is 1480. The van der Waals surface area contributed by atoms with Gasteiger partial charge in [0.15, 0.2) is 0 Å². The number of nitrogen functional groups attached to an aromatic ring is 1. The molecule has 0 aliphatic rings. The third kappa shape index (κ3) is 4.68. The van der Waals surface area contributed by atoms with E-state index in [4.69, 9.17) is 11.1 Å². The molecule has 8 N–H and O–H groups in total. The van der Waals surface area contributed by atoms with Crippen molar-refractivity contribution in [2.24, 2.45) is 5.73 Å². The number of carboxylic acids is 2. The number of phenolic OH excluding ortho intramolecular Hbond substituents is 1. The molecule has 1 atom stereocenters. The molecule has 0 aliphatic carbocycles. The fourth-order valence-corrected chi connectivity index (χ4v) is 3.92. The molecule has 0 aliphatic heterocycles. The van der Waals surface area contributed by atoms with Crippen molar-refractivity contribution >= 4 is 28.8 Å².